The maximum absolute atomic E-state index is 12.7. The van der Waals surface area contributed by atoms with Crippen molar-refractivity contribution in [2.45, 2.75) is 200 Å². The molecule has 0 spiro atoms. The van der Waals surface area contributed by atoms with Crippen molar-refractivity contribution in [3.05, 3.63) is 24.3 Å². The summed E-state index contributed by atoms with van der Waals surface area (Å²) in [5.74, 6) is -0.814. The summed E-state index contributed by atoms with van der Waals surface area (Å²) in [4.78, 5) is 35.3. The van der Waals surface area contributed by atoms with Crippen LogP contribution in [0.25, 0.3) is 0 Å². The lowest BCUT2D eigenvalue weighted by atomic mass is 10.1. The number of hydrogen-bond acceptors (Lipinski definition) is 7. The molecule has 2 atom stereocenters. The largest absolute Gasteiger partial charge is 0.472 e. The number of nitrogens with zero attached hydrogens (tertiary/aromatic N) is 1. The van der Waals surface area contributed by atoms with Gasteiger partial charge in [0.05, 0.1) is 27.7 Å². The summed E-state index contributed by atoms with van der Waals surface area (Å²) in [7, 11) is 1.47. The van der Waals surface area contributed by atoms with Crippen LogP contribution in [0.5, 0.6) is 0 Å². The number of phosphoric acid groups is 1. The monoisotopic (exact) mass is 787 g/mol. The van der Waals surface area contributed by atoms with Crippen molar-refractivity contribution in [1.29, 1.82) is 0 Å². The van der Waals surface area contributed by atoms with Crippen LogP contribution < -0.4 is 0 Å². The van der Waals surface area contributed by atoms with Crippen LogP contribution in [0, 0.1) is 0 Å². The predicted octanol–water partition coefficient (Wildman–Crippen LogP) is 12.4. The quantitative estimate of drug-likeness (QED) is 0.0215. The number of unbranched alkanes of at least 4 members (excludes halogenated alkanes) is 22. The Kier molecular flexibility index (Phi) is 36.1. The van der Waals surface area contributed by atoms with E-state index in [0.29, 0.717) is 17.4 Å². The molecule has 0 aromatic carbocycles. The number of carbonyl (C=O) groups excluding carboxylic acids is 2. The summed E-state index contributed by atoms with van der Waals surface area (Å²) in [6, 6.07) is 0. The number of esters is 2. The van der Waals surface area contributed by atoms with Crippen LogP contribution in [-0.4, -0.2) is 74.9 Å². The van der Waals surface area contributed by atoms with Gasteiger partial charge in [0.25, 0.3) is 0 Å². The molecule has 0 aromatic heterocycles. The molecule has 10 heteroatoms. The van der Waals surface area contributed by atoms with Crippen LogP contribution in [0.3, 0.4) is 0 Å². The fourth-order valence-electron chi connectivity index (χ4n) is 5.94. The number of phosphoric ester groups is 1. The van der Waals surface area contributed by atoms with Crippen molar-refractivity contribution in [2.24, 2.45) is 0 Å². The molecular weight excluding hydrogens is 701 g/mol. The van der Waals surface area contributed by atoms with Gasteiger partial charge in [0.2, 0.25) is 0 Å². The van der Waals surface area contributed by atoms with Gasteiger partial charge in [-0.1, -0.05) is 141 Å². The minimum atomic E-state index is -4.37. The van der Waals surface area contributed by atoms with E-state index in [4.69, 9.17) is 18.5 Å². The van der Waals surface area contributed by atoms with Crippen LogP contribution in [-0.2, 0) is 32.7 Å². The van der Waals surface area contributed by atoms with Crippen molar-refractivity contribution in [3.8, 4) is 0 Å². The van der Waals surface area contributed by atoms with Gasteiger partial charge in [0, 0.05) is 12.8 Å². The molecule has 1 N–H and O–H groups in total. The second kappa shape index (κ2) is 37.1. The Morgan fingerprint density at radius 3 is 1.37 bits per heavy atom. The maximum Gasteiger partial charge on any atom is 0.472 e. The molecule has 0 aliphatic heterocycles. The van der Waals surface area contributed by atoms with Crippen molar-refractivity contribution < 1.29 is 42.1 Å². The second-order valence-corrected chi connectivity index (χ2v) is 17.5. The molecule has 0 fully saturated rings. The third-order valence-electron chi connectivity index (χ3n) is 9.45. The summed E-state index contributed by atoms with van der Waals surface area (Å²) in [5.41, 5.74) is 0. The van der Waals surface area contributed by atoms with Gasteiger partial charge < -0.3 is 18.9 Å². The molecule has 0 aliphatic carbocycles. The van der Waals surface area contributed by atoms with Crippen LogP contribution >= 0.6 is 7.82 Å². The van der Waals surface area contributed by atoms with Crippen molar-refractivity contribution in [1.82, 2.24) is 0 Å². The van der Waals surface area contributed by atoms with E-state index in [1.54, 1.807) is 0 Å². The van der Waals surface area contributed by atoms with Crippen molar-refractivity contribution in [3.63, 3.8) is 0 Å². The molecule has 0 saturated heterocycles. The molecule has 0 radical (unpaired) electrons. The minimum Gasteiger partial charge on any atom is -0.462 e. The molecule has 54 heavy (non-hydrogen) atoms. The number of allylic oxidation sites excluding steroid dienone is 4. The molecule has 9 nitrogen and oxygen atoms in total. The lowest BCUT2D eigenvalue weighted by molar-refractivity contribution is -0.870. The third-order valence-corrected chi connectivity index (χ3v) is 10.4. The Bertz CT molecular complexity index is 980. The smallest absolute Gasteiger partial charge is 0.462 e. The summed E-state index contributed by atoms with van der Waals surface area (Å²) in [6.07, 6.45) is 39.3. The SMILES string of the molecule is CCCCCCCC/C=C\CCCCCCCC(=O)OCC(COP(=O)(O)OCC[N+](C)(C)C)OC(=O)CCCCCCC/C=C\CCCCCCCC. The lowest BCUT2D eigenvalue weighted by Gasteiger charge is -2.24. The fraction of sp³-hybridized carbons (Fsp3) is 0.864. The number of quaternary nitrogens is 1. The summed E-state index contributed by atoms with van der Waals surface area (Å²) >= 11 is 0. The highest BCUT2D eigenvalue weighted by Gasteiger charge is 2.27. The minimum absolute atomic E-state index is 0.0299. The molecule has 0 bridgehead atoms. The highest BCUT2D eigenvalue weighted by Crippen LogP contribution is 2.43. The first kappa shape index (κ1) is 52.5. The topological polar surface area (TPSA) is 108 Å². The molecule has 0 amide bonds. The molecule has 318 valence electrons. The molecule has 0 saturated carbocycles. The summed E-state index contributed by atoms with van der Waals surface area (Å²) in [6.45, 7) is 4.40. The Balaban J connectivity index is 4.38. The Morgan fingerprint density at radius 2 is 0.944 bits per heavy atom. The molecule has 0 heterocycles. The normalized spacial score (nSPS) is 13.8. The third kappa shape index (κ3) is 40.2. The second-order valence-electron chi connectivity index (χ2n) is 16.1. The van der Waals surface area contributed by atoms with Crippen molar-refractivity contribution in [2.75, 3.05) is 47.5 Å². The number of rotatable bonds is 40. The highest BCUT2D eigenvalue weighted by atomic mass is 31.2. The van der Waals surface area contributed by atoms with Gasteiger partial charge >= 0.3 is 19.8 Å². The highest BCUT2D eigenvalue weighted by molar-refractivity contribution is 7.47. The van der Waals surface area contributed by atoms with E-state index < -0.39 is 26.5 Å². The zero-order valence-electron chi connectivity index (χ0n) is 35.7. The zero-order valence-corrected chi connectivity index (χ0v) is 36.6. The van der Waals surface area contributed by atoms with Gasteiger partial charge in [0.1, 0.15) is 19.8 Å². The van der Waals surface area contributed by atoms with E-state index in [-0.39, 0.29) is 32.0 Å². The van der Waals surface area contributed by atoms with Crippen molar-refractivity contribution >= 4 is 19.8 Å². The van der Waals surface area contributed by atoms with Gasteiger partial charge in [0.15, 0.2) is 6.10 Å². The van der Waals surface area contributed by atoms with E-state index in [0.717, 1.165) is 70.6 Å². The Labute approximate surface area is 332 Å². The van der Waals surface area contributed by atoms with Gasteiger partial charge in [-0.3, -0.25) is 18.6 Å². The molecule has 0 aliphatic rings. The van der Waals surface area contributed by atoms with Gasteiger partial charge in [-0.05, 0) is 64.2 Å². The van der Waals surface area contributed by atoms with E-state index >= 15 is 0 Å². The number of hydrogen-bond donors (Lipinski definition) is 1. The fourth-order valence-corrected chi connectivity index (χ4v) is 6.69. The number of carbonyl (C=O) groups is 2. The molecule has 0 rings (SSSR count). The van der Waals surface area contributed by atoms with Crippen LogP contribution in [0.2, 0.25) is 0 Å². The summed E-state index contributed by atoms with van der Waals surface area (Å²) < 4.78 is 34.3. The van der Waals surface area contributed by atoms with E-state index in [2.05, 4.69) is 38.2 Å². The van der Waals surface area contributed by atoms with Gasteiger partial charge in [-0.25, -0.2) is 4.57 Å². The zero-order chi connectivity index (χ0) is 40.0. The number of likely N-dealkylation sites (N-methyl/N-ethyl adjacent to an activating group) is 1. The Morgan fingerprint density at radius 1 is 0.556 bits per heavy atom. The first-order chi connectivity index (χ1) is 26.0. The molecule has 2 unspecified atom stereocenters. The van der Waals surface area contributed by atoms with E-state index in [1.807, 2.05) is 21.1 Å². The first-order valence-corrected chi connectivity index (χ1v) is 23.6. The van der Waals surface area contributed by atoms with Gasteiger partial charge in [-0.15, -0.1) is 0 Å². The molecular formula is C44H85NO8P+. The lowest BCUT2D eigenvalue weighted by Crippen LogP contribution is -2.37. The predicted molar refractivity (Wildman–Crippen MR) is 224 cm³/mol. The number of ether oxygens (including phenoxy) is 2. The average Bonchev–Trinajstić information content (AvgIpc) is 3.12. The maximum atomic E-state index is 12.7. The summed E-state index contributed by atoms with van der Waals surface area (Å²) in [5, 5.41) is 0. The van der Waals surface area contributed by atoms with E-state index in [9.17, 15) is 19.0 Å². The van der Waals surface area contributed by atoms with Crippen LogP contribution in [0.1, 0.15) is 194 Å². The first-order valence-electron chi connectivity index (χ1n) is 22.1. The van der Waals surface area contributed by atoms with Crippen LogP contribution in [0.15, 0.2) is 24.3 Å². The van der Waals surface area contributed by atoms with Crippen LogP contribution in [0.4, 0.5) is 0 Å². The standard InChI is InChI=1S/C44H84NO8P/c1-6-8-10-12-14-16-18-20-22-24-26-28-30-32-34-36-43(46)50-40-42(41-52-54(48,49)51-39-38-45(3,4)5)53-44(47)37-35-33-31-29-27-25-23-21-19-17-15-13-11-9-7-2/h20-23,42H,6-19,24-41H2,1-5H3/p+1/b22-20-,23-21-. The average molecular weight is 787 g/mol. The Hall–Kier alpha value is -1.51. The van der Waals surface area contributed by atoms with Gasteiger partial charge in [-0.2, -0.15) is 0 Å². The van der Waals surface area contributed by atoms with E-state index in [1.165, 1.54) is 89.9 Å². The molecule has 0 aromatic rings.